The van der Waals surface area contributed by atoms with Gasteiger partial charge < -0.3 is 10.1 Å². The van der Waals surface area contributed by atoms with E-state index in [9.17, 15) is 0 Å². The number of nitrogens with one attached hydrogen (secondary N) is 1. The van der Waals surface area contributed by atoms with Crippen LogP contribution >= 0.6 is 0 Å². The topological polar surface area (TPSA) is 49.2 Å². The number of aryl methyl sites for hydroxylation is 1. The van der Waals surface area contributed by atoms with Crippen molar-refractivity contribution < 1.29 is 4.74 Å². The number of hydrogen-bond donors (Lipinski definition) is 1. The second-order valence-corrected chi connectivity index (χ2v) is 7.84. The summed E-state index contributed by atoms with van der Waals surface area (Å²) in [5.41, 5.74) is 5.77. The molecule has 33 heavy (non-hydrogen) atoms. The molecule has 0 atom stereocenters. The van der Waals surface area contributed by atoms with Crippen molar-refractivity contribution in [3.63, 3.8) is 0 Å². The van der Waals surface area contributed by atoms with Gasteiger partial charge in [0.15, 0.2) is 0 Å². The van der Waals surface area contributed by atoms with Gasteiger partial charge in [0.05, 0.1) is 0 Å². The Hall–Kier alpha value is -3.42. The van der Waals surface area contributed by atoms with E-state index in [1.807, 2.05) is 50.4 Å². The molecule has 4 rings (SSSR count). The molecular formula is C29H33N3O. The van der Waals surface area contributed by atoms with Gasteiger partial charge in [0.25, 0.3) is 0 Å². The first kappa shape index (κ1) is 24.2. The average Bonchev–Trinajstić information content (AvgIpc) is 3.39. The van der Waals surface area contributed by atoms with Gasteiger partial charge in [-0.15, -0.1) is 0 Å². The van der Waals surface area contributed by atoms with Crippen LogP contribution in [0.4, 0.5) is 0 Å². The number of hydrogen-bond acceptors (Lipinski definition) is 4. The second-order valence-electron chi connectivity index (χ2n) is 7.84. The van der Waals surface area contributed by atoms with Crippen molar-refractivity contribution in [1.82, 2.24) is 9.88 Å². The van der Waals surface area contributed by atoms with E-state index in [1.54, 1.807) is 0 Å². The van der Waals surface area contributed by atoms with Crippen molar-refractivity contribution in [1.29, 1.82) is 5.41 Å². The minimum atomic E-state index is 0.642. The van der Waals surface area contributed by atoms with Crippen molar-refractivity contribution >= 4 is 6.21 Å². The number of pyridine rings is 1. The first-order chi connectivity index (χ1) is 16.2. The van der Waals surface area contributed by atoms with Crippen LogP contribution in [0.15, 0.2) is 60.8 Å². The van der Waals surface area contributed by atoms with Gasteiger partial charge in [-0.25, -0.2) is 4.98 Å². The summed E-state index contributed by atoms with van der Waals surface area (Å²) in [5, 5.41) is 7.72. The lowest BCUT2D eigenvalue weighted by molar-refractivity contribution is 0.237. The lowest BCUT2D eigenvalue weighted by Crippen LogP contribution is -2.25. The third kappa shape index (κ3) is 7.03. The van der Waals surface area contributed by atoms with Gasteiger partial charge in [-0.2, -0.15) is 0 Å². The van der Waals surface area contributed by atoms with Gasteiger partial charge in [0, 0.05) is 35.6 Å². The first-order valence-corrected chi connectivity index (χ1v) is 11.8. The first-order valence-electron chi connectivity index (χ1n) is 11.8. The van der Waals surface area contributed by atoms with Gasteiger partial charge in [-0.05, 0) is 68.6 Å². The Morgan fingerprint density at radius 3 is 2.36 bits per heavy atom. The molecule has 0 unspecified atom stereocenters. The highest BCUT2D eigenvalue weighted by Gasteiger charge is 2.11. The van der Waals surface area contributed by atoms with Gasteiger partial charge in [0.1, 0.15) is 18.1 Å². The molecule has 170 valence electrons. The van der Waals surface area contributed by atoms with E-state index in [0.717, 1.165) is 53.3 Å². The van der Waals surface area contributed by atoms with E-state index in [2.05, 4.69) is 52.9 Å². The zero-order chi connectivity index (χ0) is 23.5. The zero-order valence-corrected chi connectivity index (χ0v) is 19.9. The van der Waals surface area contributed by atoms with Crippen LogP contribution in [-0.2, 0) is 0 Å². The predicted molar refractivity (Wildman–Crippen MR) is 137 cm³/mol. The van der Waals surface area contributed by atoms with Crippen molar-refractivity contribution in [3.8, 4) is 28.7 Å². The Morgan fingerprint density at radius 1 is 0.970 bits per heavy atom. The molecule has 2 aromatic carbocycles. The predicted octanol–water partition coefficient (Wildman–Crippen LogP) is 5.96. The molecule has 0 radical (unpaired) electrons. The molecule has 1 fully saturated rings. The van der Waals surface area contributed by atoms with E-state index >= 15 is 0 Å². The lowest BCUT2D eigenvalue weighted by atomic mass is 10.1. The Balaban J connectivity index is 0.00000149. The molecule has 2 heterocycles. The van der Waals surface area contributed by atoms with Crippen LogP contribution in [0.1, 0.15) is 49.1 Å². The molecular weight excluding hydrogens is 406 g/mol. The number of ether oxygens (including phenoxy) is 1. The number of likely N-dealkylation sites (tertiary alicyclic amines) is 1. The van der Waals surface area contributed by atoms with Gasteiger partial charge in [0.2, 0.25) is 0 Å². The normalized spacial score (nSPS) is 12.8. The molecule has 1 aliphatic rings. The molecule has 0 spiro atoms. The van der Waals surface area contributed by atoms with Gasteiger partial charge in [-0.1, -0.05) is 55.7 Å². The van der Waals surface area contributed by atoms with Crippen LogP contribution in [0.25, 0.3) is 11.1 Å². The molecule has 1 N–H and O–H groups in total. The molecule has 4 nitrogen and oxygen atoms in total. The molecule has 0 bridgehead atoms. The maximum absolute atomic E-state index is 7.72. The summed E-state index contributed by atoms with van der Waals surface area (Å²) in [6, 6.07) is 18.1. The summed E-state index contributed by atoms with van der Waals surface area (Å²) in [6.45, 7) is 9.98. The lowest BCUT2D eigenvalue weighted by Gasteiger charge is -2.15. The summed E-state index contributed by atoms with van der Waals surface area (Å²) in [5.74, 6) is 7.00. The average molecular weight is 440 g/mol. The van der Waals surface area contributed by atoms with Crippen LogP contribution in [-0.4, -0.2) is 42.3 Å². The van der Waals surface area contributed by atoms with E-state index in [-0.39, 0.29) is 0 Å². The molecule has 4 heteroatoms. The maximum atomic E-state index is 7.72. The van der Waals surface area contributed by atoms with Crippen LogP contribution in [0, 0.1) is 24.2 Å². The van der Waals surface area contributed by atoms with Crippen molar-refractivity contribution in [3.05, 3.63) is 83.2 Å². The van der Waals surface area contributed by atoms with Crippen LogP contribution in [0.5, 0.6) is 5.75 Å². The fourth-order valence-corrected chi connectivity index (χ4v) is 3.68. The molecule has 3 aromatic rings. The van der Waals surface area contributed by atoms with Crippen molar-refractivity contribution in [2.24, 2.45) is 0 Å². The molecule has 1 aromatic heterocycles. The Morgan fingerprint density at radius 2 is 1.70 bits per heavy atom. The number of benzene rings is 2. The molecule has 0 amide bonds. The fraction of sp³-hybridized carbons (Fsp3) is 0.310. The van der Waals surface area contributed by atoms with E-state index < -0.39 is 0 Å². The minimum Gasteiger partial charge on any atom is -0.492 e. The SMILES string of the molecule is CC.Cc1ccc(-c2ccc(C#Cc3ccc(OCCN4CCCC4)c(C=N)c3)nc2)cc1. The molecule has 0 saturated carbocycles. The number of rotatable bonds is 6. The quantitative estimate of drug-likeness (QED) is 0.381. The minimum absolute atomic E-state index is 0.642. The number of aromatic nitrogens is 1. The summed E-state index contributed by atoms with van der Waals surface area (Å²) in [7, 11) is 0. The van der Waals surface area contributed by atoms with Crippen LogP contribution in [0.2, 0.25) is 0 Å². The Kier molecular flexibility index (Phi) is 9.23. The summed E-state index contributed by atoms with van der Waals surface area (Å²) < 4.78 is 5.92. The standard InChI is InChI=1S/C27H27N3O.C2H6/c1-21-4-8-23(9-5-21)24-10-12-26(29-20-24)11-6-22-7-13-27(25(18-22)19-28)31-17-16-30-14-2-3-15-30;1-2/h4-5,7-10,12-13,18-20,28H,2-3,14-17H2,1H3;1-2H3. The third-order valence-corrected chi connectivity index (χ3v) is 5.51. The molecule has 1 saturated heterocycles. The largest absolute Gasteiger partial charge is 0.492 e. The van der Waals surface area contributed by atoms with E-state index in [4.69, 9.17) is 10.1 Å². The molecule has 1 aliphatic heterocycles. The Bertz CT molecular complexity index is 1090. The van der Waals surface area contributed by atoms with E-state index in [1.165, 1.54) is 24.6 Å². The highest BCUT2D eigenvalue weighted by Crippen LogP contribution is 2.20. The van der Waals surface area contributed by atoms with Crippen molar-refractivity contribution in [2.75, 3.05) is 26.2 Å². The fourth-order valence-electron chi connectivity index (χ4n) is 3.68. The van der Waals surface area contributed by atoms with E-state index in [0.29, 0.717) is 6.61 Å². The Labute approximate surface area is 198 Å². The second kappa shape index (κ2) is 12.6. The number of nitrogens with zero attached hydrogens (tertiary/aromatic N) is 2. The van der Waals surface area contributed by atoms with Gasteiger partial charge >= 0.3 is 0 Å². The third-order valence-electron chi connectivity index (χ3n) is 5.51. The smallest absolute Gasteiger partial charge is 0.128 e. The zero-order valence-electron chi connectivity index (χ0n) is 19.9. The monoisotopic (exact) mass is 439 g/mol. The maximum Gasteiger partial charge on any atom is 0.128 e. The van der Waals surface area contributed by atoms with Crippen molar-refractivity contribution in [2.45, 2.75) is 33.6 Å². The van der Waals surface area contributed by atoms with Crippen LogP contribution < -0.4 is 4.74 Å². The van der Waals surface area contributed by atoms with Gasteiger partial charge in [-0.3, -0.25) is 4.90 Å². The summed E-state index contributed by atoms with van der Waals surface area (Å²) in [4.78, 5) is 6.90. The summed E-state index contributed by atoms with van der Waals surface area (Å²) >= 11 is 0. The molecule has 0 aliphatic carbocycles. The van der Waals surface area contributed by atoms with Crippen LogP contribution in [0.3, 0.4) is 0 Å². The highest BCUT2D eigenvalue weighted by molar-refractivity contribution is 5.82. The highest BCUT2D eigenvalue weighted by atomic mass is 16.5. The summed E-state index contributed by atoms with van der Waals surface area (Å²) in [6.07, 6.45) is 5.74.